The van der Waals surface area contributed by atoms with Gasteiger partial charge in [0, 0.05) is 13.6 Å². The Morgan fingerprint density at radius 2 is 2.22 bits per heavy atom. The molecule has 4 nitrogen and oxygen atoms in total. The van der Waals surface area contributed by atoms with Crippen molar-refractivity contribution in [2.75, 3.05) is 13.6 Å². The number of fused-ring (bicyclic) bond motifs is 1. The Balaban J connectivity index is 2.44. The van der Waals surface area contributed by atoms with Gasteiger partial charge in [-0.1, -0.05) is 6.07 Å². The highest BCUT2D eigenvalue weighted by molar-refractivity contribution is 7.71. The van der Waals surface area contributed by atoms with Gasteiger partial charge in [-0.15, -0.1) is 0 Å². The number of H-pyrrole nitrogens is 1. The van der Waals surface area contributed by atoms with Crippen LogP contribution in [0.25, 0.3) is 11.0 Å². The zero-order valence-electron chi connectivity index (χ0n) is 10.9. The lowest BCUT2D eigenvalue weighted by Gasteiger charge is -2.15. The number of aryl methyl sites for hydroxylation is 1. The van der Waals surface area contributed by atoms with E-state index < -0.39 is 0 Å². The van der Waals surface area contributed by atoms with Gasteiger partial charge in [0.1, 0.15) is 6.54 Å². The Morgan fingerprint density at radius 3 is 2.89 bits per heavy atom. The van der Waals surface area contributed by atoms with Crippen LogP contribution in [0.4, 0.5) is 0 Å². The van der Waals surface area contributed by atoms with Gasteiger partial charge in [-0.25, -0.2) is 0 Å². The maximum atomic E-state index is 12.0. The van der Waals surface area contributed by atoms with Crippen molar-refractivity contribution in [3.05, 3.63) is 28.5 Å². The molecule has 0 atom stereocenters. The fourth-order valence-electron chi connectivity index (χ4n) is 1.85. The average molecular weight is 263 g/mol. The van der Waals surface area contributed by atoms with Crippen LogP contribution in [0.3, 0.4) is 0 Å². The van der Waals surface area contributed by atoms with Gasteiger partial charge in [0.05, 0.1) is 11.0 Å². The molecule has 1 aromatic carbocycles. The summed E-state index contributed by atoms with van der Waals surface area (Å²) in [5, 5.41) is 0. The third-order valence-electron chi connectivity index (χ3n) is 3.12. The molecule has 0 saturated heterocycles. The maximum Gasteiger partial charge on any atom is 0.242 e. The molecule has 0 aliphatic rings. The molecule has 96 valence electrons. The largest absolute Gasteiger partial charge is 0.344 e. The third-order valence-corrected chi connectivity index (χ3v) is 3.45. The normalized spacial score (nSPS) is 10.8. The molecule has 1 heterocycles. The molecule has 2 rings (SSSR count). The van der Waals surface area contributed by atoms with E-state index in [9.17, 15) is 4.79 Å². The van der Waals surface area contributed by atoms with Crippen molar-refractivity contribution in [1.82, 2.24) is 14.5 Å². The number of hydrogen-bond acceptors (Lipinski definition) is 2. The quantitative estimate of drug-likeness (QED) is 0.864. The second kappa shape index (κ2) is 4.94. The summed E-state index contributed by atoms with van der Waals surface area (Å²) in [7, 11) is 1.80. The standard InChI is InChI=1S/C13H17N3OS/c1-4-15(3)12(17)8-16-11-7-9(2)5-6-10(11)14-13(16)18/h5-7H,4,8H2,1-3H3,(H,14,18). The number of carbonyl (C=O) groups excluding carboxylic acids is 1. The fraction of sp³-hybridized carbons (Fsp3) is 0.385. The summed E-state index contributed by atoms with van der Waals surface area (Å²) < 4.78 is 2.44. The molecule has 0 fully saturated rings. The summed E-state index contributed by atoms with van der Waals surface area (Å²) in [5.41, 5.74) is 3.11. The number of benzene rings is 1. The second-order valence-electron chi connectivity index (χ2n) is 4.44. The van der Waals surface area contributed by atoms with Crippen LogP contribution in [0, 0.1) is 11.7 Å². The molecule has 18 heavy (non-hydrogen) atoms. The molecule has 0 bridgehead atoms. The molecular formula is C13H17N3OS. The SMILES string of the molecule is CCN(C)C(=O)Cn1c(=S)[nH]c2ccc(C)cc21. The van der Waals surface area contributed by atoms with E-state index in [1.165, 1.54) is 0 Å². The predicted molar refractivity (Wildman–Crippen MR) is 75.2 cm³/mol. The highest BCUT2D eigenvalue weighted by atomic mass is 32.1. The summed E-state index contributed by atoms with van der Waals surface area (Å²) in [5.74, 6) is 0.0657. The molecule has 1 N–H and O–H groups in total. The van der Waals surface area contributed by atoms with Gasteiger partial charge >= 0.3 is 0 Å². The Morgan fingerprint density at radius 1 is 1.50 bits per heavy atom. The van der Waals surface area contributed by atoms with E-state index >= 15 is 0 Å². The third kappa shape index (κ3) is 2.31. The molecule has 2 aromatic rings. The summed E-state index contributed by atoms with van der Waals surface area (Å²) >= 11 is 5.27. The van der Waals surface area contributed by atoms with E-state index in [1.807, 2.05) is 36.6 Å². The topological polar surface area (TPSA) is 41.0 Å². The Bertz CT molecular complexity index is 641. The monoisotopic (exact) mass is 263 g/mol. The van der Waals surface area contributed by atoms with Crippen LogP contribution in [-0.2, 0) is 11.3 Å². The first-order valence-corrected chi connectivity index (χ1v) is 6.37. The zero-order chi connectivity index (χ0) is 13.3. The maximum absolute atomic E-state index is 12.0. The number of aromatic amines is 1. The molecule has 1 aromatic heterocycles. The van der Waals surface area contributed by atoms with Crippen molar-refractivity contribution >= 4 is 29.2 Å². The minimum Gasteiger partial charge on any atom is -0.344 e. The molecule has 5 heteroatoms. The highest BCUT2D eigenvalue weighted by Crippen LogP contribution is 2.16. The predicted octanol–water partition coefficient (Wildman–Crippen LogP) is 2.49. The van der Waals surface area contributed by atoms with Crippen molar-refractivity contribution in [3.63, 3.8) is 0 Å². The van der Waals surface area contributed by atoms with E-state index in [1.54, 1.807) is 11.9 Å². The van der Waals surface area contributed by atoms with E-state index in [2.05, 4.69) is 4.98 Å². The van der Waals surface area contributed by atoms with Crippen LogP contribution in [0.2, 0.25) is 0 Å². The number of imidazole rings is 1. The molecule has 0 aliphatic carbocycles. The second-order valence-corrected chi connectivity index (χ2v) is 4.83. The van der Waals surface area contributed by atoms with Crippen LogP contribution < -0.4 is 0 Å². The fourth-order valence-corrected chi connectivity index (χ4v) is 2.12. The Labute approximate surface area is 111 Å². The first kappa shape index (κ1) is 12.8. The number of amides is 1. The molecule has 0 spiro atoms. The first-order valence-electron chi connectivity index (χ1n) is 5.96. The molecule has 0 saturated carbocycles. The lowest BCUT2D eigenvalue weighted by atomic mass is 10.2. The van der Waals surface area contributed by atoms with Gasteiger partial charge in [-0.05, 0) is 43.8 Å². The molecule has 1 amide bonds. The smallest absolute Gasteiger partial charge is 0.242 e. The van der Waals surface area contributed by atoms with Gasteiger partial charge in [-0.3, -0.25) is 4.79 Å². The van der Waals surface area contributed by atoms with Crippen LogP contribution >= 0.6 is 12.2 Å². The van der Waals surface area contributed by atoms with E-state index in [0.717, 1.165) is 16.6 Å². The minimum absolute atomic E-state index is 0.0657. The Kier molecular flexibility index (Phi) is 3.52. The zero-order valence-corrected chi connectivity index (χ0v) is 11.7. The number of nitrogens with one attached hydrogen (secondary N) is 1. The van der Waals surface area contributed by atoms with Gasteiger partial charge in [0.15, 0.2) is 4.77 Å². The van der Waals surface area contributed by atoms with Crippen LogP contribution in [0.5, 0.6) is 0 Å². The number of hydrogen-bond donors (Lipinski definition) is 1. The van der Waals surface area contributed by atoms with Gasteiger partial charge in [-0.2, -0.15) is 0 Å². The number of rotatable bonds is 3. The lowest BCUT2D eigenvalue weighted by Crippen LogP contribution is -2.29. The van der Waals surface area contributed by atoms with Crippen molar-refractivity contribution in [2.24, 2.45) is 0 Å². The van der Waals surface area contributed by atoms with E-state index in [4.69, 9.17) is 12.2 Å². The summed E-state index contributed by atoms with van der Waals surface area (Å²) in [6.07, 6.45) is 0. The van der Waals surface area contributed by atoms with Gasteiger partial charge < -0.3 is 14.5 Å². The first-order chi connectivity index (χ1) is 8.52. The molecule has 0 unspecified atom stereocenters. The Hall–Kier alpha value is -1.62. The molecular weight excluding hydrogens is 246 g/mol. The van der Waals surface area contributed by atoms with Crippen molar-refractivity contribution < 1.29 is 4.79 Å². The highest BCUT2D eigenvalue weighted by Gasteiger charge is 2.11. The van der Waals surface area contributed by atoms with Crippen molar-refractivity contribution in [3.8, 4) is 0 Å². The van der Waals surface area contributed by atoms with Gasteiger partial charge in [0.25, 0.3) is 0 Å². The van der Waals surface area contributed by atoms with Crippen LogP contribution in [0.1, 0.15) is 12.5 Å². The molecule has 0 radical (unpaired) electrons. The van der Waals surface area contributed by atoms with Crippen molar-refractivity contribution in [2.45, 2.75) is 20.4 Å². The van der Waals surface area contributed by atoms with E-state index in [-0.39, 0.29) is 12.5 Å². The number of aromatic nitrogens is 2. The lowest BCUT2D eigenvalue weighted by molar-refractivity contribution is -0.130. The van der Waals surface area contributed by atoms with Crippen molar-refractivity contribution in [1.29, 1.82) is 0 Å². The van der Waals surface area contributed by atoms with Gasteiger partial charge in [0.2, 0.25) is 5.91 Å². The number of nitrogens with zero attached hydrogens (tertiary/aromatic N) is 2. The van der Waals surface area contributed by atoms with Crippen LogP contribution in [-0.4, -0.2) is 34.0 Å². The average Bonchev–Trinajstić information content (AvgIpc) is 2.65. The minimum atomic E-state index is 0.0657. The number of carbonyl (C=O) groups is 1. The summed E-state index contributed by atoms with van der Waals surface area (Å²) in [6, 6.07) is 6.06. The molecule has 0 aliphatic heterocycles. The van der Waals surface area contributed by atoms with Crippen LogP contribution in [0.15, 0.2) is 18.2 Å². The summed E-state index contributed by atoms with van der Waals surface area (Å²) in [4.78, 5) is 16.8. The number of likely N-dealkylation sites (N-methyl/N-ethyl adjacent to an activating group) is 1. The van der Waals surface area contributed by atoms with E-state index in [0.29, 0.717) is 11.3 Å². The summed E-state index contributed by atoms with van der Waals surface area (Å²) in [6.45, 7) is 4.97.